The number of carbonyl (C=O) groups is 1. The molecule has 0 bridgehead atoms. The van der Waals surface area contributed by atoms with Gasteiger partial charge >= 0.3 is 0 Å². The van der Waals surface area contributed by atoms with Crippen molar-refractivity contribution in [2.75, 3.05) is 19.7 Å². The van der Waals surface area contributed by atoms with Gasteiger partial charge in [-0.05, 0) is 37.8 Å². The molecule has 26 heavy (non-hydrogen) atoms. The first kappa shape index (κ1) is 17.0. The van der Waals surface area contributed by atoms with Gasteiger partial charge in [-0.2, -0.15) is 4.98 Å². The molecule has 2 heterocycles. The topological polar surface area (TPSA) is 77.7 Å². The summed E-state index contributed by atoms with van der Waals surface area (Å²) >= 11 is 0. The molecule has 138 valence electrons. The third-order valence-corrected chi connectivity index (χ3v) is 4.71. The SMILES string of the molecule is O=C(COc1ccccc1)N1CCC[C@H](OCc2nc(C3CC3)no2)C1. The highest BCUT2D eigenvalue weighted by Crippen LogP contribution is 2.38. The van der Waals surface area contributed by atoms with Crippen LogP contribution in [0.1, 0.15) is 43.3 Å². The number of nitrogens with zero attached hydrogens (tertiary/aromatic N) is 3. The maximum atomic E-state index is 12.4. The van der Waals surface area contributed by atoms with E-state index in [-0.39, 0.29) is 18.6 Å². The second-order valence-corrected chi connectivity index (χ2v) is 6.84. The minimum absolute atomic E-state index is 0.0132. The van der Waals surface area contributed by atoms with E-state index in [0.29, 0.717) is 30.7 Å². The number of para-hydroxylation sites is 1. The Morgan fingerprint density at radius 1 is 1.23 bits per heavy atom. The van der Waals surface area contributed by atoms with E-state index in [4.69, 9.17) is 14.0 Å². The molecule has 1 aromatic carbocycles. The zero-order valence-electron chi connectivity index (χ0n) is 14.7. The van der Waals surface area contributed by atoms with Crippen LogP contribution in [-0.4, -0.2) is 46.7 Å². The summed E-state index contributed by atoms with van der Waals surface area (Å²) in [6.45, 7) is 1.65. The van der Waals surface area contributed by atoms with Crippen LogP contribution in [0.3, 0.4) is 0 Å². The molecule has 2 aromatic rings. The van der Waals surface area contributed by atoms with Crippen LogP contribution >= 0.6 is 0 Å². The molecule has 1 aliphatic heterocycles. The van der Waals surface area contributed by atoms with Crippen LogP contribution in [0.5, 0.6) is 5.75 Å². The molecule has 4 rings (SSSR count). The fourth-order valence-corrected chi connectivity index (χ4v) is 3.08. The van der Waals surface area contributed by atoms with Crippen LogP contribution in [0.25, 0.3) is 0 Å². The second kappa shape index (κ2) is 7.86. The molecule has 1 saturated heterocycles. The van der Waals surface area contributed by atoms with E-state index in [1.807, 2.05) is 30.3 Å². The number of carbonyl (C=O) groups excluding carboxylic acids is 1. The lowest BCUT2D eigenvalue weighted by Crippen LogP contribution is -2.45. The third-order valence-electron chi connectivity index (χ3n) is 4.71. The van der Waals surface area contributed by atoms with Gasteiger partial charge in [0.2, 0.25) is 0 Å². The molecule has 2 aliphatic rings. The van der Waals surface area contributed by atoms with Crippen molar-refractivity contribution in [3.63, 3.8) is 0 Å². The molecule has 1 saturated carbocycles. The number of benzene rings is 1. The normalized spacial score (nSPS) is 20.2. The quantitative estimate of drug-likeness (QED) is 0.758. The molecule has 0 unspecified atom stereocenters. The molecule has 2 fully saturated rings. The summed E-state index contributed by atoms with van der Waals surface area (Å²) in [5.74, 6) is 2.47. The van der Waals surface area contributed by atoms with Gasteiger partial charge < -0.3 is 18.9 Å². The van der Waals surface area contributed by atoms with Crippen molar-refractivity contribution in [3.05, 3.63) is 42.0 Å². The number of likely N-dealkylation sites (tertiary alicyclic amines) is 1. The summed E-state index contributed by atoms with van der Waals surface area (Å²) in [6.07, 6.45) is 4.11. The summed E-state index contributed by atoms with van der Waals surface area (Å²) in [4.78, 5) is 18.6. The molecular formula is C19H23N3O4. The number of hydrogen-bond donors (Lipinski definition) is 0. The van der Waals surface area contributed by atoms with Crippen molar-refractivity contribution in [1.82, 2.24) is 15.0 Å². The predicted octanol–water partition coefficient (Wildman–Crippen LogP) is 2.53. The largest absolute Gasteiger partial charge is 0.484 e. The highest BCUT2D eigenvalue weighted by molar-refractivity contribution is 5.77. The van der Waals surface area contributed by atoms with Crippen LogP contribution in [0.4, 0.5) is 0 Å². The second-order valence-electron chi connectivity index (χ2n) is 6.84. The molecule has 1 aliphatic carbocycles. The molecule has 1 amide bonds. The number of rotatable bonds is 7. The fraction of sp³-hybridized carbons (Fsp3) is 0.526. The van der Waals surface area contributed by atoms with Crippen LogP contribution in [-0.2, 0) is 16.1 Å². The lowest BCUT2D eigenvalue weighted by Gasteiger charge is -2.32. The molecule has 1 atom stereocenters. The first-order valence-corrected chi connectivity index (χ1v) is 9.17. The van der Waals surface area contributed by atoms with Crippen molar-refractivity contribution in [1.29, 1.82) is 0 Å². The van der Waals surface area contributed by atoms with E-state index in [0.717, 1.165) is 38.1 Å². The van der Waals surface area contributed by atoms with Gasteiger partial charge in [-0.25, -0.2) is 0 Å². The van der Waals surface area contributed by atoms with Crippen molar-refractivity contribution in [2.45, 2.75) is 44.3 Å². The molecule has 0 N–H and O–H groups in total. The van der Waals surface area contributed by atoms with E-state index in [1.165, 1.54) is 0 Å². The maximum absolute atomic E-state index is 12.4. The van der Waals surface area contributed by atoms with Crippen LogP contribution in [0, 0.1) is 0 Å². The van der Waals surface area contributed by atoms with E-state index >= 15 is 0 Å². The standard InChI is InChI=1S/C19H23N3O4/c23-18(13-25-15-5-2-1-3-6-15)22-10-4-7-16(11-22)24-12-17-20-19(21-26-17)14-8-9-14/h1-3,5-6,14,16H,4,7-13H2/t16-/m0/s1. The van der Waals surface area contributed by atoms with Gasteiger partial charge in [0.15, 0.2) is 12.4 Å². The Morgan fingerprint density at radius 3 is 2.88 bits per heavy atom. The van der Waals surface area contributed by atoms with E-state index in [1.54, 1.807) is 4.90 Å². The van der Waals surface area contributed by atoms with Gasteiger partial charge in [0.1, 0.15) is 12.4 Å². The number of aromatic nitrogens is 2. The molecule has 1 aromatic heterocycles. The average Bonchev–Trinajstić information content (AvgIpc) is 3.44. The third kappa shape index (κ3) is 4.40. The van der Waals surface area contributed by atoms with E-state index in [2.05, 4.69) is 10.1 Å². The van der Waals surface area contributed by atoms with Crippen molar-refractivity contribution in [3.8, 4) is 5.75 Å². The number of piperidine rings is 1. The smallest absolute Gasteiger partial charge is 0.260 e. The van der Waals surface area contributed by atoms with Gasteiger partial charge in [-0.15, -0.1) is 0 Å². The highest BCUT2D eigenvalue weighted by atomic mass is 16.5. The monoisotopic (exact) mass is 357 g/mol. The van der Waals surface area contributed by atoms with Gasteiger partial charge in [-0.1, -0.05) is 23.4 Å². The summed E-state index contributed by atoms with van der Waals surface area (Å²) in [5, 5.41) is 3.99. The Balaban J connectivity index is 1.23. The fourth-order valence-electron chi connectivity index (χ4n) is 3.08. The molecular weight excluding hydrogens is 334 g/mol. The molecule has 0 spiro atoms. The Kier molecular flexibility index (Phi) is 5.15. The van der Waals surface area contributed by atoms with E-state index < -0.39 is 0 Å². The number of amides is 1. The van der Waals surface area contributed by atoms with Gasteiger partial charge in [0, 0.05) is 19.0 Å². The van der Waals surface area contributed by atoms with Crippen molar-refractivity contribution < 1.29 is 18.8 Å². The van der Waals surface area contributed by atoms with Crippen LogP contribution in [0.2, 0.25) is 0 Å². The van der Waals surface area contributed by atoms with Crippen molar-refractivity contribution >= 4 is 5.91 Å². The Labute approximate surface area is 152 Å². The minimum atomic E-state index is -0.0176. The lowest BCUT2D eigenvalue weighted by atomic mass is 10.1. The highest BCUT2D eigenvalue weighted by Gasteiger charge is 2.29. The zero-order valence-corrected chi connectivity index (χ0v) is 14.7. The predicted molar refractivity (Wildman–Crippen MR) is 92.6 cm³/mol. The first-order chi connectivity index (χ1) is 12.8. The molecule has 0 radical (unpaired) electrons. The average molecular weight is 357 g/mol. The Morgan fingerprint density at radius 2 is 2.08 bits per heavy atom. The first-order valence-electron chi connectivity index (χ1n) is 9.17. The van der Waals surface area contributed by atoms with Gasteiger partial charge in [0.25, 0.3) is 11.8 Å². The van der Waals surface area contributed by atoms with Gasteiger partial charge in [-0.3, -0.25) is 4.79 Å². The molecule has 7 heteroatoms. The number of hydrogen-bond acceptors (Lipinski definition) is 6. The Bertz CT molecular complexity index is 729. The lowest BCUT2D eigenvalue weighted by molar-refractivity contribution is -0.138. The number of ether oxygens (including phenoxy) is 2. The van der Waals surface area contributed by atoms with Crippen LogP contribution < -0.4 is 4.74 Å². The van der Waals surface area contributed by atoms with Crippen LogP contribution in [0.15, 0.2) is 34.9 Å². The summed E-state index contributed by atoms with van der Waals surface area (Å²) in [6, 6.07) is 9.37. The zero-order chi connectivity index (χ0) is 17.8. The minimum Gasteiger partial charge on any atom is -0.484 e. The molecule has 7 nitrogen and oxygen atoms in total. The summed E-state index contributed by atoms with van der Waals surface area (Å²) in [7, 11) is 0. The van der Waals surface area contributed by atoms with Gasteiger partial charge in [0.05, 0.1) is 6.10 Å². The summed E-state index contributed by atoms with van der Waals surface area (Å²) in [5.41, 5.74) is 0. The maximum Gasteiger partial charge on any atom is 0.260 e. The summed E-state index contributed by atoms with van der Waals surface area (Å²) < 4.78 is 16.7. The van der Waals surface area contributed by atoms with E-state index in [9.17, 15) is 4.79 Å². The Hall–Kier alpha value is -2.41. The van der Waals surface area contributed by atoms with Crippen molar-refractivity contribution in [2.24, 2.45) is 0 Å².